The average Bonchev–Trinajstić information content (AvgIpc) is 2.68. The molecule has 0 spiro atoms. The predicted molar refractivity (Wildman–Crippen MR) is 98.5 cm³/mol. The quantitative estimate of drug-likeness (QED) is 0.910. The topological polar surface area (TPSA) is 49.4 Å². The number of carbonyl (C=O) groups excluding carboxylic acids is 2. The fourth-order valence-electron chi connectivity index (χ4n) is 3.11. The Kier molecular flexibility index (Phi) is 5.66. The predicted octanol–water partition coefficient (Wildman–Crippen LogP) is 3.69. The molecule has 1 aliphatic heterocycles. The van der Waals surface area contributed by atoms with E-state index >= 15 is 0 Å². The van der Waals surface area contributed by atoms with Gasteiger partial charge in [0.05, 0.1) is 0 Å². The first-order valence-corrected chi connectivity index (χ1v) is 8.97. The van der Waals surface area contributed by atoms with Gasteiger partial charge in [0.15, 0.2) is 0 Å². The van der Waals surface area contributed by atoms with Crippen LogP contribution in [-0.4, -0.2) is 29.8 Å². The first-order chi connectivity index (χ1) is 12.5. The zero-order valence-corrected chi connectivity index (χ0v) is 14.9. The van der Waals surface area contributed by atoms with Crippen LogP contribution in [0.4, 0.5) is 4.39 Å². The summed E-state index contributed by atoms with van der Waals surface area (Å²) in [6.45, 7) is 3.55. The van der Waals surface area contributed by atoms with E-state index in [-0.39, 0.29) is 23.9 Å². The van der Waals surface area contributed by atoms with Crippen molar-refractivity contribution in [1.29, 1.82) is 0 Å². The summed E-state index contributed by atoms with van der Waals surface area (Å²) >= 11 is 0. The number of nitrogens with one attached hydrogen (secondary N) is 1. The number of amides is 2. The maximum Gasteiger partial charge on any atom is 0.253 e. The Morgan fingerprint density at radius 2 is 1.81 bits per heavy atom. The van der Waals surface area contributed by atoms with Crippen LogP contribution in [0.3, 0.4) is 0 Å². The molecule has 2 amide bonds. The van der Waals surface area contributed by atoms with Crippen molar-refractivity contribution < 1.29 is 14.0 Å². The largest absolute Gasteiger partial charge is 0.348 e. The van der Waals surface area contributed by atoms with Crippen LogP contribution < -0.4 is 5.32 Å². The summed E-state index contributed by atoms with van der Waals surface area (Å²) < 4.78 is 13.6. The second kappa shape index (κ2) is 8.13. The normalized spacial score (nSPS) is 14.2. The van der Waals surface area contributed by atoms with Crippen molar-refractivity contribution in [2.24, 2.45) is 0 Å². The standard InChI is InChI=1S/C21H23FN2O2/c1-15-8-9-17(13-19(15)22)20(25)23-14-16-6-5-7-18(12-16)21(26)24-10-3-2-4-11-24/h5-9,12-13H,2-4,10-11,14H2,1H3,(H,23,25). The molecule has 136 valence electrons. The van der Waals surface area contributed by atoms with E-state index in [4.69, 9.17) is 0 Å². The van der Waals surface area contributed by atoms with Gasteiger partial charge in [-0.2, -0.15) is 0 Å². The van der Waals surface area contributed by atoms with E-state index in [1.54, 1.807) is 25.1 Å². The summed E-state index contributed by atoms with van der Waals surface area (Å²) in [5.41, 5.74) is 2.27. The van der Waals surface area contributed by atoms with Crippen LogP contribution in [0, 0.1) is 12.7 Å². The Bertz CT molecular complexity index is 813. The number of hydrogen-bond donors (Lipinski definition) is 1. The number of hydrogen-bond acceptors (Lipinski definition) is 2. The summed E-state index contributed by atoms with van der Waals surface area (Å²) in [6, 6.07) is 11.7. The van der Waals surface area contributed by atoms with Gasteiger partial charge in [-0.15, -0.1) is 0 Å². The van der Waals surface area contributed by atoms with Crippen LogP contribution in [0.5, 0.6) is 0 Å². The molecule has 26 heavy (non-hydrogen) atoms. The van der Waals surface area contributed by atoms with Crippen molar-refractivity contribution in [1.82, 2.24) is 10.2 Å². The Morgan fingerprint density at radius 3 is 2.54 bits per heavy atom. The number of halogens is 1. The van der Waals surface area contributed by atoms with E-state index in [0.717, 1.165) is 31.5 Å². The minimum atomic E-state index is -0.397. The number of likely N-dealkylation sites (tertiary alicyclic amines) is 1. The van der Waals surface area contributed by atoms with Crippen molar-refractivity contribution in [3.05, 3.63) is 70.5 Å². The van der Waals surface area contributed by atoms with E-state index in [1.165, 1.54) is 12.5 Å². The van der Waals surface area contributed by atoms with Crippen molar-refractivity contribution in [2.75, 3.05) is 13.1 Å². The Morgan fingerprint density at radius 1 is 1.04 bits per heavy atom. The molecule has 0 unspecified atom stereocenters. The number of rotatable bonds is 4. The van der Waals surface area contributed by atoms with E-state index < -0.39 is 5.82 Å². The first-order valence-electron chi connectivity index (χ1n) is 8.97. The second-order valence-electron chi connectivity index (χ2n) is 6.70. The Hall–Kier alpha value is -2.69. The van der Waals surface area contributed by atoms with Gasteiger partial charge < -0.3 is 10.2 Å². The lowest BCUT2D eigenvalue weighted by atomic mass is 10.1. The third kappa shape index (κ3) is 4.28. The van der Waals surface area contributed by atoms with E-state index in [1.807, 2.05) is 23.1 Å². The molecule has 1 saturated heterocycles. The van der Waals surface area contributed by atoms with Crippen molar-refractivity contribution in [3.63, 3.8) is 0 Å². The summed E-state index contributed by atoms with van der Waals surface area (Å²) in [6.07, 6.45) is 3.28. The van der Waals surface area contributed by atoms with Gasteiger partial charge in [-0.25, -0.2) is 4.39 Å². The molecule has 0 radical (unpaired) electrons. The lowest BCUT2D eigenvalue weighted by Crippen LogP contribution is -2.35. The molecular formula is C21H23FN2O2. The molecule has 0 aromatic heterocycles. The maximum atomic E-state index is 13.6. The number of carbonyl (C=O) groups is 2. The molecule has 1 N–H and O–H groups in total. The molecule has 3 rings (SSSR count). The Balaban J connectivity index is 1.64. The molecule has 4 nitrogen and oxygen atoms in total. The summed E-state index contributed by atoms with van der Waals surface area (Å²) in [4.78, 5) is 26.7. The molecule has 0 atom stereocenters. The van der Waals surface area contributed by atoms with Gasteiger partial charge in [0, 0.05) is 30.8 Å². The monoisotopic (exact) mass is 354 g/mol. The fourth-order valence-corrected chi connectivity index (χ4v) is 3.11. The van der Waals surface area contributed by atoms with Gasteiger partial charge in [-0.3, -0.25) is 9.59 Å². The van der Waals surface area contributed by atoms with Gasteiger partial charge in [0.2, 0.25) is 0 Å². The maximum absolute atomic E-state index is 13.6. The molecule has 0 aliphatic carbocycles. The van der Waals surface area contributed by atoms with Gasteiger partial charge in [0.1, 0.15) is 5.82 Å². The number of benzene rings is 2. The molecule has 2 aromatic carbocycles. The Labute approximate surface area is 153 Å². The zero-order valence-electron chi connectivity index (χ0n) is 14.9. The van der Waals surface area contributed by atoms with Crippen LogP contribution in [0.2, 0.25) is 0 Å². The zero-order chi connectivity index (χ0) is 18.5. The molecule has 1 heterocycles. The highest BCUT2D eigenvalue weighted by Gasteiger charge is 2.18. The lowest BCUT2D eigenvalue weighted by molar-refractivity contribution is 0.0724. The van der Waals surface area contributed by atoms with E-state index in [9.17, 15) is 14.0 Å². The van der Waals surface area contributed by atoms with Gasteiger partial charge in [-0.1, -0.05) is 18.2 Å². The van der Waals surface area contributed by atoms with Crippen molar-refractivity contribution in [3.8, 4) is 0 Å². The van der Waals surface area contributed by atoms with Gasteiger partial charge in [-0.05, 0) is 61.6 Å². The highest BCUT2D eigenvalue weighted by molar-refractivity contribution is 5.95. The lowest BCUT2D eigenvalue weighted by Gasteiger charge is -2.26. The summed E-state index contributed by atoms with van der Waals surface area (Å²) in [7, 11) is 0. The summed E-state index contributed by atoms with van der Waals surface area (Å²) in [5, 5.41) is 2.78. The average molecular weight is 354 g/mol. The third-order valence-corrected chi connectivity index (χ3v) is 4.70. The molecule has 1 aliphatic rings. The fraction of sp³-hybridized carbons (Fsp3) is 0.333. The smallest absolute Gasteiger partial charge is 0.253 e. The molecule has 0 bridgehead atoms. The van der Waals surface area contributed by atoms with Crippen LogP contribution >= 0.6 is 0 Å². The SMILES string of the molecule is Cc1ccc(C(=O)NCc2cccc(C(=O)N3CCCCC3)c2)cc1F. The highest BCUT2D eigenvalue weighted by atomic mass is 19.1. The third-order valence-electron chi connectivity index (χ3n) is 4.70. The minimum Gasteiger partial charge on any atom is -0.348 e. The van der Waals surface area contributed by atoms with Crippen LogP contribution in [0.15, 0.2) is 42.5 Å². The first kappa shape index (κ1) is 18.1. The molecule has 0 saturated carbocycles. The minimum absolute atomic E-state index is 0.0403. The van der Waals surface area contributed by atoms with Crippen LogP contribution in [-0.2, 0) is 6.54 Å². The van der Waals surface area contributed by atoms with E-state index in [0.29, 0.717) is 11.1 Å². The van der Waals surface area contributed by atoms with E-state index in [2.05, 4.69) is 5.32 Å². The summed E-state index contributed by atoms with van der Waals surface area (Å²) in [5.74, 6) is -0.693. The molecule has 5 heteroatoms. The van der Waals surface area contributed by atoms with Crippen molar-refractivity contribution in [2.45, 2.75) is 32.7 Å². The molecule has 2 aromatic rings. The van der Waals surface area contributed by atoms with Crippen LogP contribution in [0.25, 0.3) is 0 Å². The number of nitrogens with zero attached hydrogens (tertiary/aromatic N) is 1. The second-order valence-corrected chi connectivity index (χ2v) is 6.70. The number of piperidine rings is 1. The van der Waals surface area contributed by atoms with Crippen molar-refractivity contribution >= 4 is 11.8 Å². The van der Waals surface area contributed by atoms with Crippen LogP contribution in [0.1, 0.15) is 51.1 Å². The highest BCUT2D eigenvalue weighted by Crippen LogP contribution is 2.15. The number of aryl methyl sites for hydroxylation is 1. The van der Waals surface area contributed by atoms with Gasteiger partial charge in [0.25, 0.3) is 11.8 Å². The molecular weight excluding hydrogens is 331 g/mol. The molecule has 1 fully saturated rings. The van der Waals surface area contributed by atoms with Gasteiger partial charge >= 0.3 is 0 Å².